The van der Waals surface area contributed by atoms with Crippen molar-refractivity contribution in [2.75, 3.05) is 6.61 Å². The quantitative estimate of drug-likeness (QED) is 0.659. The van der Waals surface area contributed by atoms with Crippen LogP contribution in [0.25, 0.3) is 0 Å². The molecule has 0 aliphatic carbocycles. The number of para-hydroxylation sites is 1. The second-order valence-corrected chi connectivity index (χ2v) is 3.35. The van der Waals surface area contributed by atoms with Gasteiger partial charge in [0.05, 0.1) is 6.61 Å². The van der Waals surface area contributed by atoms with Crippen LogP contribution in [-0.2, 0) is 6.42 Å². The second-order valence-electron chi connectivity index (χ2n) is 3.35. The van der Waals surface area contributed by atoms with Crippen LogP contribution in [0.4, 0.5) is 0 Å². The first-order valence-electron chi connectivity index (χ1n) is 5.10. The van der Waals surface area contributed by atoms with Gasteiger partial charge in [-0.15, -0.1) is 0 Å². The molecular weight excluding hydrogens is 172 g/mol. The Balaban J connectivity index is 2.84. The van der Waals surface area contributed by atoms with Crippen molar-refractivity contribution in [2.45, 2.75) is 27.2 Å². The summed E-state index contributed by atoms with van der Waals surface area (Å²) in [7, 11) is 0. The van der Waals surface area contributed by atoms with Crippen molar-refractivity contribution in [1.82, 2.24) is 0 Å². The topological polar surface area (TPSA) is 9.23 Å². The Morgan fingerprint density at radius 3 is 2.71 bits per heavy atom. The molecule has 76 valence electrons. The van der Waals surface area contributed by atoms with E-state index in [9.17, 15) is 0 Å². The van der Waals surface area contributed by atoms with Crippen LogP contribution >= 0.6 is 0 Å². The van der Waals surface area contributed by atoms with Crippen LogP contribution in [0.15, 0.2) is 35.9 Å². The largest absolute Gasteiger partial charge is 0.494 e. The molecule has 1 nitrogen and oxygen atoms in total. The van der Waals surface area contributed by atoms with E-state index in [1.165, 1.54) is 11.1 Å². The van der Waals surface area contributed by atoms with Crippen molar-refractivity contribution >= 4 is 0 Å². The van der Waals surface area contributed by atoms with Crippen molar-refractivity contribution in [2.24, 2.45) is 0 Å². The van der Waals surface area contributed by atoms with Gasteiger partial charge in [0.2, 0.25) is 0 Å². The van der Waals surface area contributed by atoms with E-state index in [4.69, 9.17) is 4.74 Å². The van der Waals surface area contributed by atoms with Crippen LogP contribution in [0.2, 0.25) is 0 Å². The van der Waals surface area contributed by atoms with Gasteiger partial charge in [0.25, 0.3) is 0 Å². The van der Waals surface area contributed by atoms with E-state index in [2.05, 4.69) is 32.1 Å². The molecule has 0 spiro atoms. The SMILES string of the molecule is CC=C(C)Cc1ccccc1OCC. The zero-order chi connectivity index (χ0) is 10.4. The normalized spacial score (nSPS) is 11.5. The summed E-state index contributed by atoms with van der Waals surface area (Å²) in [6.45, 7) is 6.95. The minimum Gasteiger partial charge on any atom is -0.494 e. The van der Waals surface area contributed by atoms with Gasteiger partial charge in [-0.1, -0.05) is 29.8 Å². The summed E-state index contributed by atoms with van der Waals surface area (Å²) in [5.41, 5.74) is 2.64. The lowest BCUT2D eigenvalue weighted by molar-refractivity contribution is 0.337. The highest BCUT2D eigenvalue weighted by Crippen LogP contribution is 2.20. The molecule has 0 heterocycles. The number of ether oxygens (including phenoxy) is 1. The fraction of sp³-hybridized carbons (Fsp3) is 0.385. The third kappa shape index (κ3) is 2.91. The molecule has 0 fully saturated rings. The van der Waals surface area contributed by atoms with Gasteiger partial charge < -0.3 is 4.74 Å². The third-order valence-electron chi connectivity index (χ3n) is 2.23. The zero-order valence-electron chi connectivity index (χ0n) is 9.21. The van der Waals surface area contributed by atoms with Crippen LogP contribution < -0.4 is 4.74 Å². The molecule has 0 radical (unpaired) electrons. The molecule has 0 aromatic heterocycles. The average molecular weight is 190 g/mol. The first-order chi connectivity index (χ1) is 6.77. The van der Waals surface area contributed by atoms with Crippen LogP contribution in [0.1, 0.15) is 26.3 Å². The Kier molecular flexibility index (Phi) is 4.24. The van der Waals surface area contributed by atoms with Gasteiger partial charge in [-0.05, 0) is 38.8 Å². The molecule has 0 bridgehead atoms. The predicted octanol–water partition coefficient (Wildman–Crippen LogP) is 3.59. The Hall–Kier alpha value is -1.24. The standard InChI is InChI=1S/C13H18O/c1-4-11(3)10-12-8-6-7-9-13(12)14-5-2/h4,6-9H,5,10H2,1-3H3. The minimum atomic E-state index is 0.728. The average Bonchev–Trinajstić information content (AvgIpc) is 2.21. The van der Waals surface area contributed by atoms with Crippen molar-refractivity contribution < 1.29 is 4.74 Å². The van der Waals surface area contributed by atoms with Gasteiger partial charge in [-0.3, -0.25) is 0 Å². The maximum Gasteiger partial charge on any atom is 0.122 e. The molecule has 1 heteroatoms. The summed E-state index contributed by atoms with van der Waals surface area (Å²) in [6, 6.07) is 8.22. The molecule has 1 aromatic carbocycles. The Bertz CT molecular complexity index is 313. The van der Waals surface area contributed by atoms with Gasteiger partial charge in [-0.25, -0.2) is 0 Å². The van der Waals surface area contributed by atoms with Crippen molar-refractivity contribution in [3.63, 3.8) is 0 Å². The first-order valence-corrected chi connectivity index (χ1v) is 5.10. The molecule has 0 saturated carbocycles. The van der Waals surface area contributed by atoms with Gasteiger partial charge in [0, 0.05) is 0 Å². The molecule has 0 N–H and O–H groups in total. The molecule has 0 aliphatic rings. The van der Waals surface area contributed by atoms with Crippen LogP contribution in [-0.4, -0.2) is 6.61 Å². The molecule has 14 heavy (non-hydrogen) atoms. The summed E-state index contributed by atoms with van der Waals surface area (Å²) in [4.78, 5) is 0. The first kappa shape index (κ1) is 10.8. The number of benzene rings is 1. The highest BCUT2D eigenvalue weighted by atomic mass is 16.5. The maximum atomic E-state index is 5.56. The Labute approximate surface area is 86.4 Å². The monoisotopic (exact) mass is 190 g/mol. The van der Waals surface area contributed by atoms with Gasteiger partial charge in [0.1, 0.15) is 5.75 Å². The fourth-order valence-electron chi connectivity index (χ4n) is 1.35. The highest BCUT2D eigenvalue weighted by Gasteiger charge is 2.01. The molecule has 0 saturated heterocycles. The van der Waals surface area contributed by atoms with E-state index >= 15 is 0 Å². The van der Waals surface area contributed by atoms with Crippen molar-refractivity contribution in [3.05, 3.63) is 41.5 Å². The summed E-state index contributed by atoms with van der Waals surface area (Å²) < 4.78 is 5.56. The maximum absolute atomic E-state index is 5.56. The molecular formula is C13H18O. The molecule has 1 rings (SSSR count). The van der Waals surface area contributed by atoms with Crippen molar-refractivity contribution in [1.29, 1.82) is 0 Å². The van der Waals surface area contributed by atoms with Crippen LogP contribution in [0.3, 0.4) is 0 Å². The van der Waals surface area contributed by atoms with Crippen molar-refractivity contribution in [3.8, 4) is 5.75 Å². The number of rotatable bonds is 4. The number of allylic oxidation sites excluding steroid dienone is 2. The molecule has 1 aromatic rings. The summed E-state index contributed by atoms with van der Waals surface area (Å²) in [5.74, 6) is 1.01. The highest BCUT2D eigenvalue weighted by molar-refractivity contribution is 5.36. The van der Waals surface area contributed by atoms with E-state index in [-0.39, 0.29) is 0 Å². The number of hydrogen-bond donors (Lipinski definition) is 0. The third-order valence-corrected chi connectivity index (χ3v) is 2.23. The molecule has 0 atom stereocenters. The smallest absolute Gasteiger partial charge is 0.122 e. The Morgan fingerprint density at radius 2 is 2.07 bits per heavy atom. The lowest BCUT2D eigenvalue weighted by Gasteiger charge is -2.09. The summed E-state index contributed by atoms with van der Waals surface area (Å²) in [6.07, 6.45) is 3.12. The zero-order valence-corrected chi connectivity index (χ0v) is 9.21. The molecule has 0 unspecified atom stereocenters. The predicted molar refractivity (Wildman–Crippen MR) is 60.7 cm³/mol. The van der Waals surface area contributed by atoms with E-state index < -0.39 is 0 Å². The minimum absolute atomic E-state index is 0.728. The number of hydrogen-bond acceptors (Lipinski definition) is 1. The Morgan fingerprint density at radius 1 is 1.36 bits per heavy atom. The van der Waals surface area contributed by atoms with Gasteiger partial charge >= 0.3 is 0 Å². The second kappa shape index (κ2) is 5.48. The van der Waals surface area contributed by atoms with E-state index in [1.54, 1.807) is 0 Å². The van der Waals surface area contributed by atoms with E-state index in [0.29, 0.717) is 0 Å². The lowest BCUT2D eigenvalue weighted by atomic mass is 10.1. The molecule has 0 aliphatic heterocycles. The molecule has 0 amide bonds. The summed E-state index contributed by atoms with van der Waals surface area (Å²) >= 11 is 0. The van der Waals surface area contributed by atoms with Crippen LogP contribution in [0, 0.1) is 0 Å². The van der Waals surface area contributed by atoms with Gasteiger partial charge in [-0.2, -0.15) is 0 Å². The van der Waals surface area contributed by atoms with E-state index in [0.717, 1.165) is 18.8 Å². The van der Waals surface area contributed by atoms with Crippen LogP contribution in [0.5, 0.6) is 5.75 Å². The lowest BCUT2D eigenvalue weighted by Crippen LogP contribution is -1.96. The van der Waals surface area contributed by atoms with E-state index in [1.807, 2.05) is 19.1 Å². The van der Waals surface area contributed by atoms with Gasteiger partial charge in [0.15, 0.2) is 0 Å². The fourth-order valence-corrected chi connectivity index (χ4v) is 1.35. The summed E-state index contributed by atoms with van der Waals surface area (Å²) in [5, 5.41) is 0.